The molecule has 33 heavy (non-hydrogen) atoms. The summed E-state index contributed by atoms with van der Waals surface area (Å²) in [6.45, 7) is 6.18. The van der Waals surface area contributed by atoms with E-state index in [9.17, 15) is 4.79 Å². The molecular formula is C27H26N4O2. The van der Waals surface area contributed by atoms with Crippen LogP contribution < -0.4 is 0 Å². The fourth-order valence-corrected chi connectivity index (χ4v) is 4.04. The maximum Gasteiger partial charge on any atom is 0.253 e. The lowest BCUT2D eigenvalue weighted by Crippen LogP contribution is -2.48. The number of carbonyl (C=O) groups excluding carboxylic acids is 1. The van der Waals surface area contributed by atoms with Crippen molar-refractivity contribution in [3.8, 4) is 22.9 Å². The van der Waals surface area contributed by atoms with Crippen LogP contribution in [0, 0.1) is 6.92 Å². The summed E-state index contributed by atoms with van der Waals surface area (Å²) in [5, 5.41) is 8.34. The van der Waals surface area contributed by atoms with E-state index in [4.69, 9.17) is 4.42 Å². The predicted octanol–water partition coefficient (Wildman–Crippen LogP) is 4.67. The van der Waals surface area contributed by atoms with Gasteiger partial charge in [0.15, 0.2) is 0 Å². The topological polar surface area (TPSA) is 62.5 Å². The summed E-state index contributed by atoms with van der Waals surface area (Å²) < 4.78 is 5.85. The number of hydrogen-bond donors (Lipinski definition) is 0. The molecule has 1 amide bonds. The zero-order valence-corrected chi connectivity index (χ0v) is 18.6. The zero-order valence-electron chi connectivity index (χ0n) is 18.6. The molecule has 0 unspecified atom stereocenters. The lowest BCUT2D eigenvalue weighted by Gasteiger charge is -2.34. The second-order valence-corrected chi connectivity index (χ2v) is 8.41. The fourth-order valence-electron chi connectivity index (χ4n) is 4.04. The van der Waals surface area contributed by atoms with Gasteiger partial charge in [-0.05, 0) is 48.9 Å². The Morgan fingerprint density at radius 1 is 0.788 bits per heavy atom. The Bertz CT molecular complexity index is 1210. The summed E-state index contributed by atoms with van der Waals surface area (Å²) in [6, 6.07) is 25.8. The number of hydrogen-bond acceptors (Lipinski definition) is 5. The highest BCUT2D eigenvalue weighted by Crippen LogP contribution is 2.24. The highest BCUT2D eigenvalue weighted by molar-refractivity contribution is 5.94. The van der Waals surface area contributed by atoms with E-state index in [2.05, 4.69) is 39.4 Å². The molecule has 1 aliphatic rings. The van der Waals surface area contributed by atoms with Crippen LogP contribution in [-0.2, 0) is 6.54 Å². The molecule has 0 bridgehead atoms. The Labute approximate surface area is 193 Å². The summed E-state index contributed by atoms with van der Waals surface area (Å²) >= 11 is 0. The van der Waals surface area contributed by atoms with E-state index < -0.39 is 0 Å². The van der Waals surface area contributed by atoms with Crippen LogP contribution in [-0.4, -0.2) is 52.1 Å². The first-order chi connectivity index (χ1) is 16.2. The summed E-state index contributed by atoms with van der Waals surface area (Å²) in [5.74, 6) is 0.990. The first-order valence-corrected chi connectivity index (χ1v) is 11.2. The Hall–Kier alpha value is -3.77. The zero-order chi connectivity index (χ0) is 22.6. The molecule has 1 aromatic heterocycles. The molecule has 3 aromatic carbocycles. The van der Waals surface area contributed by atoms with Crippen molar-refractivity contribution < 1.29 is 9.21 Å². The van der Waals surface area contributed by atoms with Crippen molar-refractivity contribution in [3.05, 3.63) is 95.6 Å². The minimum absolute atomic E-state index is 0.0618. The number of piperazine rings is 1. The molecule has 2 heterocycles. The molecule has 4 aromatic rings. The van der Waals surface area contributed by atoms with Crippen molar-refractivity contribution in [1.82, 2.24) is 20.0 Å². The van der Waals surface area contributed by atoms with Gasteiger partial charge < -0.3 is 9.32 Å². The third-order valence-corrected chi connectivity index (χ3v) is 6.01. The lowest BCUT2D eigenvalue weighted by molar-refractivity contribution is 0.0628. The van der Waals surface area contributed by atoms with Crippen molar-refractivity contribution in [2.24, 2.45) is 0 Å². The molecule has 0 radical (unpaired) electrons. The van der Waals surface area contributed by atoms with Crippen LogP contribution in [0.3, 0.4) is 0 Å². The Morgan fingerprint density at radius 3 is 1.97 bits per heavy atom. The normalized spacial score (nSPS) is 14.4. The second kappa shape index (κ2) is 9.38. The maximum absolute atomic E-state index is 13.0. The van der Waals surface area contributed by atoms with Gasteiger partial charge in [-0.2, -0.15) is 0 Å². The monoisotopic (exact) mass is 438 g/mol. The SMILES string of the molecule is Cc1ccc(-c2nnc(-c3ccc(C(=O)N4CCN(Cc5ccccc5)CC4)cc3)o2)cc1. The summed E-state index contributed by atoms with van der Waals surface area (Å²) in [4.78, 5) is 17.3. The van der Waals surface area contributed by atoms with Crippen LogP contribution in [0.15, 0.2) is 83.3 Å². The second-order valence-electron chi connectivity index (χ2n) is 8.41. The number of aryl methyl sites for hydroxylation is 1. The third kappa shape index (κ3) is 4.86. The molecule has 0 saturated carbocycles. The molecule has 0 N–H and O–H groups in total. The molecule has 1 aliphatic heterocycles. The minimum Gasteiger partial charge on any atom is -0.416 e. The lowest BCUT2D eigenvalue weighted by atomic mass is 10.1. The summed E-state index contributed by atoms with van der Waals surface area (Å²) in [6.07, 6.45) is 0. The van der Waals surface area contributed by atoms with Gasteiger partial charge in [0.25, 0.3) is 5.91 Å². The van der Waals surface area contributed by atoms with E-state index in [1.54, 1.807) is 0 Å². The van der Waals surface area contributed by atoms with Crippen LogP contribution in [0.5, 0.6) is 0 Å². The summed E-state index contributed by atoms with van der Waals surface area (Å²) in [7, 11) is 0. The first kappa shape index (κ1) is 21.1. The number of amides is 1. The van der Waals surface area contributed by atoms with Gasteiger partial charge in [-0.1, -0.05) is 48.0 Å². The van der Waals surface area contributed by atoms with Crippen LogP contribution in [0.4, 0.5) is 0 Å². The van der Waals surface area contributed by atoms with E-state index in [1.165, 1.54) is 11.1 Å². The van der Waals surface area contributed by atoms with Crippen molar-refractivity contribution >= 4 is 5.91 Å². The van der Waals surface area contributed by atoms with Gasteiger partial charge in [0.2, 0.25) is 11.8 Å². The minimum atomic E-state index is 0.0618. The number of rotatable bonds is 5. The van der Waals surface area contributed by atoms with Gasteiger partial charge in [0.1, 0.15) is 0 Å². The van der Waals surface area contributed by atoms with Crippen LogP contribution in [0.2, 0.25) is 0 Å². The van der Waals surface area contributed by atoms with Crippen molar-refractivity contribution in [2.45, 2.75) is 13.5 Å². The number of aromatic nitrogens is 2. The van der Waals surface area contributed by atoms with Gasteiger partial charge in [0.05, 0.1) is 0 Å². The molecule has 0 aliphatic carbocycles. The van der Waals surface area contributed by atoms with Crippen molar-refractivity contribution in [1.29, 1.82) is 0 Å². The van der Waals surface area contributed by atoms with E-state index >= 15 is 0 Å². The first-order valence-electron chi connectivity index (χ1n) is 11.2. The standard InChI is InChI=1S/C27H26N4O2/c1-20-7-9-22(10-8-20)25-28-29-26(33-25)23-11-13-24(14-12-23)27(32)31-17-15-30(16-18-31)19-21-5-3-2-4-6-21/h2-14H,15-19H2,1H3. The molecule has 5 rings (SSSR count). The van der Waals surface area contributed by atoms with Crippen LogP contribution in [0.25, 0.3) is 22.9 Å². The van der Waals surface area contributed by atoms with Crippen LogP contribution >= 0.6 is 0 Å². The molecule has 1 fully saturated rings. The van der Waals surface area contributed by atoms with Crippen molar-refractivity contribution in [3.63, 3.8) is 0 Å². The highest BCUT2D eigenvalue weighted by Gasteiger charge is 2.22. The smallest absolute Gasteiger partial charge is 0.253 e. The quantitative estimate of drug-likeness (QED) is 0.453. The molecule has 6 heteroatoms. The molecule has 1 saturated heterocycles. The van der Waals surface area contributed by atoms with Gasteiger partial charge in [-0.15, -0.1) is 10.2 Å². The van der Waals surface area contributed by atoms with Crippen molar-refractivity contribution in [2.75, 3.05) is 26.2 Å². The van der Waals surface area contributed by atoms with E-state index in [0.717, 1.165) is 43.9 Å². The van der Waals surface area contributed by atoms with E-state index in [0.29, 0.717) is 17.3 Å². The number of carbonyl (C=O) groups is 1. The van der Waals surface area contributed by atoms with Gasteiger partial charge >= 0.3 is 0 Å². The molecule has 6 nitrogen and oxygen atoms in total. The maximum atomic E-state index is 13.0. The van der Waals surface area contributed by atoms with Crippen LogP contribution in [0.1, 0.15) is 21.5 Å². The fraction of sp³-hybridized carbons (Fsp3) is 0.222. The number of nitrogens with zero attached hydrogens (tertiary/aromatic N) is 4. The predicted molar refractivity (Wildman–Crippen MR) is 128 cm³/mol. The molecule has 166 valence electrons. The Morgan fingerprint density at radius 2 is 1.36 bits per heavy atom. The summed E-state index contributed by atoms with van der Waals surface area (Å²) in [5.41, 5.74) is 4.84. The largest absolute Gasteiger partial charge is 0.416 e. The third-order valence-electron chi connectivity index (χ3n) is 6.01. The molecular weight excluding hydrogens is 412 g/mol. The van der Waals surface area contributed by atoms with E-state index in [1.807, 2.05) is 66.4 Å². The average molecular weight is 439 g/mol. The average Bonchev–Trinajstić information content (AvgIpc) is 3.36. The van der Waals surface area contributed by atoms with Gasteiger partial charge in [-0.25, -0.2) is 0 Å². The van der Waals surface area contributed by atoms with E-state index in [-0.39, 0.29) is 5.91 Å². The Balaban J connectivity index is 1.20. The highest BCUT2D eigenvalue weighted by atomic mass is 16.4. The Kier molecular flexibility index (Phi) is 6.00. The van der Waals surface area contributed by atoms with Gasteiger partial charge in [0, 0.05) is 49.4 Å². The van der Waals surface area contributed by atoms with Gasteiger partial charge in [-0.3, -0.25) is 9.69 Å². The number of benzene rings is 3. The molecule has 0 atom stereocenters. The molecule has 0 spiro atoms.